The summed E-state index contributed by atoms with van der Waals surface area (Å²) in [5.74, 6) is -3.67. The van der Waals surface area contributed by atoms with Crippen LogP contribution in [0.15, 0.2) is 45.3 Å². The minimum absolute atomic E-state index is 0.0192. The Morgan fingerprint density at radius 1 is 0.553 bits per heavy atom. The Labute approximate surface area is 446 Å². The van der Waals surface area contributed by atoms with E-state index in [1.165, 1.54) is 0 Å². The number of carbonyl (C=O) groups excluding carboxylic acids is 7. The van der Waals surface area contributed by atoms with E-state index in [0.717, 1.165) is 5.56 Å². The van der Waals surface area contributed by atoms with Gasteiger partial charge >= 0.3 is 0 Å². The van der Waals surface area contributed by atoms with Gasteiger partial charge in [0.25, 0.3) is 0 Å². The Morgan fingerprint density at radius 2 is 0.987 bits per heavy atom. The van der Waals surface area contributed by atoms with E-state index in [0.29, 0.717) is 32.1 Å². The van der Waals surface area contributed by atoms with Crippen LogP contribution in [0.4, 0.5) is 8.78 Å². The van der Waals surface area contributed by atoms with Gasteiger partial charge in [0.05, 0.1) is 62.8 Å². The molecule has 0 saturated carbocycles. The first kappa shape index (κ1) is 66.4. The number of guanidine groups is 3. The van der Waals surface area contributed by atoms with Crippen LogP contribution in [-0.4, -0.2) is 167 Å². The van der Waals surface area contributed by atoms with E-state index >= 15 is 8.78 Å². The molecule has 19 N–H and O–H groups in total. The fourth-order valence-corrected chi connectivity index (χ4v) is 8.53. The monoisotopic (exact) mass is 1070 g/mol. The first-order valence-corrected chi connectivity index (χ1v) is 26.4. The van der Waals surface area contributed by atoms with Crippen LogP contribution in [0, 0.1) is 11.8 Å². The van der Waals surface area contributed by atoms with Crippen molar-refractivity contribution in [3.05, 3.63) is 35.9 Å². The maximum absolute atomic E-state index is 15.5. The maximum atomic E-state index is 15.5. The van der Waals surface area contributed by atoms with Crippen LogP contribution >= 0.6 is 0 Å². The molecule has 1 heterocycles. The first-order valence-electron chi connectivity index (χ1n) is 26.4. The molecule has 0 radical (unpaired) electrons. The van der Waals surface area contributed by atoms with Crippen molar-refractivity contribution in [3.63, 3.8) is 0 Å². The van der Waals surface area contributed by atoms with Crippen LogP contribution in [0.1, 0.15) is 103 Å². The predicted molar refractivity (Wildman–Crippen MR) is 291 cm³/mol. The molecule has 428 valence electrons. The lowest BCUT2D eigenvalue weighted by molar-refractivity contribution is -0.130. The van der Waals surface area contributed by atoms with Crippen molar-refractivity contribution in [2.75, 3.05) is 65.7 Å². The van der Waals surface area contributed by atoms with Crippen LogP contribution in [0.5, 0.6) is 0 Å². The lowest BCUT2D eigenvalue weighted by atomic mass is 9.96. The van der Waals surface area contributed by atoms with E-state index in [9.17, 15) is 33.6 Å². The van der Waals surface area contributed by atoms with Gasteiger partial charge < -0.3 is 50.4 Å². The Hall–Kier alpha value is -5.70. The molecule has 23 nitrogen and oxygen atoms in total. The van der Waals surface area contributed by atoms with Crippen LogP contribution in [-0.2, 0) is 40.0 Å². The van der Waals surface area contributed by atoms with Gasteiger partial charge in [0, 0.05) is 52.2 Å². The van der Waals surface area contributed by atoms with Gasteiger partial charge in [0.1, 0.15) is 23.9 Å². The third-order valence-corrected chi connectivity index (χ3v) is 12.4. The SMILES string of the molecule is CC(C)C[C@@H]1NCN[C@@H](Cc2ccccc2)C(=O)CNCC(=O)CC(F)CC(C)CN[C@@H](CCCN=C(N)N)C(=O)CC(=O)[C@H](CCCN=C(N)N)NCN[C@@H](CCCN=C(N)N)C(=O)CC(F)CC(=O)CNCC1=O. The van der Waals surface area contributed by atoms with E-state index < -0.39 is 97.2 Å². The molecule has 1 aromatic carbocycles. The second-order valence-corrected chi connectivity index (χ2v) is 19.9. The predicted octanol–water partition coefficient (Wildman–Crippen LogP) is -1.42. The number of benzene rings is 1. The van der Waals surface area contributed by atoms with Crippen molar-refractivity contribution < 1.29 is 42.3 Å². The Morgan fingerprint density at radius 3 is 1.47 bits per heavy atom. The third kappa shape index (κ3) is 30.8. The minimum Gasteiger partial charge on any atom is -0.370 e. The molecule has 1 aromatic rings. The summed E-state index contributed by atoms with van der Waals surface area (Å²) in [6, 6.07) is 5.15. The molecule has 0 spiro atoms. The number of ketones is 7. The van der Waals surface area contributed by atoms with Gasteiger partial charge in [-0.05, 0) is 81.7 Å². The normalized spacial score (nSPS) is 25.1. The van der Waals surface area contributed by atoms with E-state index in [4.69, 9.17) is 34.4 Å². The average Bonchev–Trinajstić information content (AvgIpc) is 3.33. The number of nitrogens with zero attached hydrogens (tertiary/aromatic N) is 3. The number of hydrogen-bond acceptors (Lipinski definition) is 17. The summed E-state index contributed by atoms with van der Waals surface area (Å²) in [5.41, 5.74) is 33.9. The first-order chi connectivity index (χ1) is 36.1. The lowest BCUT2D eigenvalue weighted by Crippen LogP contribution is -2.51. The Bertz CT molecular complexity index is 2040. The van der Waals surface area contributed by atoms with Crippen LogP contribution in [0.25, 0.3) is 0 Å². The Balaban J connectivity index is 2.41. The smallest absolute Gasteiger partial charge is 0.185 e. The summed E-state index contributed by atoms with van der Waals surface area (Å²) < 4.78 is 31.0. The quantitative estimate of drug-likeness (QED) is 0.0391. The highest BCUT2D eigenvalue weighted by atomic mass is 19.1. The molecule has 1 aliphatic rings. The van der Waals surface area contributed by atoms with Gasteiger partial charge in [0.15, 0.2) is 46.8 Å². The van der Waals surface area contributed by atoms with Crippen molar-refractivity contribution in [2.45, 2.75) is 147 Å². The van der Waals surface area contributed by atoms with Crippen molar-refractivity contribution in [1.29, 1.82) is 0 Å². The summed E-state index contributed by atoms with van der Waals surface area (Å²) in [7, 11) is 0. The second-order valence-electron chi connectivity index (χ2n) is 19.9. The summed E-state index contributed by atoms with van der Waals surface area (Å²) in [4.78, 5) is 106. The van der Waals surface area contributed by atoms with E-state index in [2.05, 4.69) is 52.2 Å². The van der Waals surface area contributed by atoms with Crippen LogP contribution in [0.2, 0.25) is 0 Å². The zero-order valence-electron chi connectivity index (χ0n) is 44.8. The number of halogens is 2. The summed E-state index contributed by atoms with van der Waals surface area (Å²) in [5, 5.41) is 21.4. The van der Waals surface area contributed by atoms with E-state index in [1.807, 2.05) is 44.2 Å². The maximum Gasteiger partial charge on any atom is 0.185 e. The average molecular weight is 1080 g/mol. The van der Waals surface area contributed by atoms with Crippen molar-refractivity contribution in [2.24, 2.45) is 61.2 Å². The topological polar surface area (TPSA) is 397 Å². The van der Waals surface area contributed by atoms with Crippen molar-refractivity contribution in [1.82, 2.24) is 37.2 Å². The number of aliphatic imine (C=N–C) groups is 3. The third-order valence-electron chi connectivity index (χ3n) is 12.4. The molecule has 1 saturated heterocycles. The summed E-state index contributed by atoms with van der Waals surface area (Å²) in [6.07, 6.45) is -3.17. The highest BCUT2D eigenvalue weighted by Crippen LogP contribution is 2.15. The molecule has 0 aromatic heterocycles. The molecule has 76 heavy (non-hydrogen) atoms. The molecule has 2 rings (SSSR count). The molecular formula is C51H88F2N16O7. The number of nitrogens with one attached hydrogen (secondary N) is 7. The van der Waals surface area contributed by atoms with Crippen molar-refractivity contribution >= 4 is 58.4 Å². The standard InChI is InChI=1S/C51H88F2N16O7/c1-32(2)18-42-47(75)28-60-27-38(71)22-36(53)23-44(72)40(13-8-16-63-50(56)57)66-30-67-41(14-9-17-64-51(58)59)46(74)24-45(73)39(12-7-15-62-49(54)55)65-25-33(3)19-35(52)21-37(70)26-61-29-48(76)43(69-31-68-42)20-34-10-5-4-6-11-34/h4-6,10-11,32-33,35-36,39-43,60-61,65-69H,7-9,12-31H2,1-3H3,(H4,54,55,62)(H4,56,57,63)(H4,58,59,64)/t33?,35?,36?,39-,40-,41-,42-,43-/m0/s1. The molecule has 8 atom stereocenters. The van der Waals surface area contributed by atoms with Gasteiger partial charge in [-0.25, -0.2) is 8.78 Å². The summed E-state index contributed by atoms with van der Waals surface area (Å²) in [6.45, 7) is 5.32. The zero-order valence-corrected chi connectivity index (χ0v) is 44.8. The van der Waals surface area contributed by atoms with Gasteiger partial charge in [0.2, 0.25) is 0 Å². The molecule has 0 aliphatic carbocycles. The lowest BCUT2D eigenvalue weighted by Gasteiger charge is -2.24. The second kappa shape index (κ2) is 37.9. The number of alkyl halides is 2. The molecular weight excluding hydrogens is 987 g/mol. The van der Waals surface area contributed by atoms with Crippen molar-refractivity contribution in [3.8, 4) is 0 Å². The highest BCUT2D eigenvalue weighted by molar-refractivity contribution is 6.03. The largest absolute Gasteiger partial charge is 0.370 e. The van der Waals surface area contributed by atoms with Gasteiger partial charge in [-0.3, -0.25) is 69.8 Å². The van der Waals surface area contributed by atoms with E-state index in [1.54, 1.807) is 6.92 Å². The van der Waals surface area contributed by atoms with Gasteiger partial charge in [-0.2, -0.15) is 0 Å². The fraction of sp³-hybridized carbons (Fsp3) is 0.686. The number of Topliss-reactive ketones (excluding diaryl/α,β-unsaturated/α-hetero) is 7. The Kier molecular flexibility index (Phi) is 33.2. The molecule has 3 unspecified atom stereocenters. The molecule has 25 heteroatoms. The number of carbonyl (C=O) groups is 7. The summed E-state index contributed by atoms with van der Waals surface area (Å²) >= 11 is 0. The molecule has 1 aliphatic heterocycles. The van der Waals surface area contributed by atoms with E-state index in [-0.39, 0.29) is 133 Å². The molecule has 1 fully saturated rings. The van der Waals surface area contributed by atoms with Crippen LogP contribution in [0.3, 0.4) is 0 Å². The minimum atomic E-state index is -1.85. The number of nitrogens with two attached hydrogens (primary N) is 6. The van der Waals surface area contributed by atoms with Gasteiger partial charge in [-0.1, -0.05) is 51.1 Å². The fourth-order valence-electron chi connectivity index (χ4n) is 8.53. The molecule has 0 amide bonds. The zero-order chi connectivity index (χ0) is 56.4. The number of rotatable bonds is 16. The molecule has 0 bridgehead atoms. The van der Waals surface area contributed by atoms with Crippen LogP contribution < -0.4 is 71.6 Å². The number of hydrogen-bond donors (Lipinski definition) is 13. The highest BCUT2D eigenvalue weighted by Gasteiger charge is 2.29. The van der Waals surface area contributed by atoms with Gasteiger partial charge in [-0.15, -0.1) is 0 Å².